The lowest BCUT2D eigenvalue weighted by molar-refractivity contribution is -0.117. The summed E-state index contributed by atoms with van der Waals surface area (Å²) in [5, 5.41) is 0. The molecule has 0 radical (unpaired) electrons. The third-order valence-electron chi connectivity index (χ3n) is 1.61. The Kier molecular flexibility index (Phi) is 2.84. The van der Waals surface area contributed by atoms with E-state index in [0.29, 0.717) is 11.3 Å². The van der Waals surface area contributed by atoms with Crippen LogP contribution in [0.3, 0.4) is 0 Å². The van der Waals surface area contributed by atoms with Gasteiger partial charge in [0.05, 0.1) is 13.5 Å². The first-order valence-corrected chi connectivity index (χ1v) is 3.74. The van der Waals surface area contributed by atoms with Crippen molar-refractivity contribution in [2.24, 2.45) is 5.73 Å². The van der Waals surface area contributed by atoms with Crippen LogP contribution in [0.1, 0.15) is 5.56 Å². The topological polar surface area (TPSA) is 52.3 Å². The molecule has 0 unspecified atom stereocenters. The second-order valence-corrected chi connectivity index (χ2v) is 2.60. The zero-order valence-electron chi connectivity index (χ0n) is 7.21. The van der Waals surface area contributed by atoms with Crippen LogP contribution >= 0.6 is 0 Å². The van der Waals surface area contributed by atoms with Crippen LogP contribution in [0.15, 0.2) is 18.2 Å². The molecule has 0 saturated carbocycles. The van der Waals surface area contributed by atoms with Gasteiger partial charge in [0, 0.05) is 5.56 Å². The summed E-state index contributed by atoms with van der Waals surface area (Å²) >= 11 is 0. The van der Waals surface area contributed by atoms with E-state index in [0.717, 1.165) is 0 Å². The number of methoxy groups -OCH3 is 1. The molecule has 1 rings (SSSR count). The largest absolute Gasteiger partial charge is 0.496 e. The maximum absolute atomic E-state index is 12.7. The van der Waals surface area contributed by atoms with E-state index < -0.39 is 11.7 Å². The van der Waals surface area contributed by atoms with Crippen molar-refractivity contribution in [3.05, 3.63) is 29.6 Å². The van der Waals surface area contributed by atoms with Gasteiger partial charge >= 0.3 is 0 Å². The summed E-state index contributed by atoms with van der Waals surface area (Å²) in [4.78, 5) is 10.6. The van der Waals surface area contributed by atoms with Gasteiger partial charge in [0.25, 0.3) is 0 Å². The second-order valence-electron chi connectivity index (χ2n) is 2.60. The molecular formula is C9H10FNO2. The molecule has 3 nitrogen and oxygen atoms in total. The molecule has 70 valence electrons. The van der Waals surface area contributed by atoms with E-state index in [9.17, 15) is 9.18 Å². The number of carbonyl (C=O) groups is 1. The molecular weight excluding hydrogens is 173 g/mol. The van der Waals surface area contributed by atoms with Gasteiger partial charge in [-0.25, -0.2) is 4.39 Å². The van der Waals surface area contributed by atoms with Crippen molar-refractivity contribution in [2.75, 3.05) is 7.11 Å². The fourth-order valence-corrected chi connectivity index (χ4v) is 1.07. The molecule has 13 heavy (non-hydrogen) atoms. The Labute approximate surface area is 75.3 Å². The van der Waals surface area contributed by atoms with Crippen LogP contribution in [0.2, 0.25) is 0 Å². The van der Waals surface area contributed by atoms with Crippen LogP contribution in [0.5, 0.6) is 5.75 Å². The van der Waals surface area contributed by atoms with Crippen molar-refractivity contribution in [3.8, 4) is 5.75 Å². The normalized spacial score (nSPS) is 9.69. The Hall–Kier alpha value is -1.58. The molecule has 1 aromatic carbocycles. The van der Waals surface area contributed by atoms with Crippen LogP contribution in [0.4, 0.5) is 4.39 Å². The van der Waals surface area contributed by atoms with E-state index in [4.69, 9.17) is 10.5 Å². The number of carbonyl (C=O) groups excluding carboxylic acids is 1. The highest BCUT2D eigenvalue weighted by Gasteiger charge is 2.06. The zero-order valence-corrected chi connectivity index (χ0v) is 7.21. The summed E-state index contributed by atoms with van der Waals surface area (Å²) in [6, 6.07) is 3.97. The van der Waals surface area contributed by atoms with E-state index in [1.165, 1.54) is 25.3 Å². The number of hydrogen-bond acceptors (Lipinski definition) is 2. The molecule has 0 aliphatic carbocycles. The number of hydrogen-bond donors (Lipinski definition) is 1. The van der Waals surface area contributed by atoms with Crippen LogP contribution in [-0.4, -0.2) is 13.0 Å². The predicted molar refractivity (Wildman–Crippen MR) is 45.9 cm³/mol. The highest BCUT2D eigenvalue weighted by atomic mass is 19.1. The summed E-state index contributed by atoms with van der Waals surface area (Å²) in [5.41, 5.74) is 5.45. The average molecular weight is 183 g/mol. The van der Waals surface area contributed by atoms with Gasteiger partial charge in [-0.05, 0) is 18.2 Å². The van der Waals surface area contributed by atoms with Gasteiger partial charge in [0.1, 0.15) is 11.6 Å². The van der Waals surface area contributed by atoms with Crippen molar-refractivity contribution in [1.82, 2.24) is 0 Å². The number of ether oxygens (including phenoxy) is 1. The van der Waals surface area contributed by atoms with Gasteiger partial charge in [-0.15, -0.1) is 0 Å². The zero-order chi connectivity index (χ0) is 9.84. The molecule has 0 aliphatic heterocycles. The minimum absolute atomic E-state index is 0.0130. The molecule has 0 aromatic heterocycles. The minimum Gasteiger partial charge on any atom is -0.496 e. The number of nitrogens with two attached hydrogens (primary N) is 1. The monoisotopic (exact) mass is 183 g/mol. The smallest absolute Gasteiger partial charge is 0.221 e. The number of benzene rings is 1. The van der Waals surface area contributed by atoms with Gasteiger partial charge in [0.15, 0.2) is 0 Å². The summed E-state index contributed by atoms with van der Waals surface area (Å²) in [5.74, 6) is -0.443. The highest BCUT2D eigenvalue weighted by molar-refractivity contribution is 5.77. The van der Waals surface area contributed by atoms with E-state index >= 15 is 0 Å². The maximum Gasteiger partial charge on any atom is 0.221 e. The van der Waals surface area contributed by atoms with E-state index in [2.05, 4.69) is 0 Å². The molecule has 1 amide bonds. The average Bonchev–Trinajstić information content (AvgIpc) is 2.03. The van der Waals surface area contributed by atoms with E-state index in [1.807, 2.05) is 0 Å². The number of rotatable bonds is 3. The summed E-state index contributed by atoms with van der Waals surface area (Å²) in [7, 11) is 1.46. The van der Waals surface area contributed by atoms with Gasteiger partial charge in [0.2, 0.25) is 5.91 Å². The molecule has 0 saturated heterocycles. The highest BCUT2D eigenvalue weighted by Crippen LogP contribution is 2.19. The third-order valence-corrected chi connectivity index (χ3v) is 1.61. The first-order chi connectivity index (χ1) is 6.13. The fourth-order valence-electron chi connectivity index (χ4n) is 1.07. The van der Waals surface area contributed by atoms with Crippen LogP contribution in [-0.2, 0) is 11.2 Å². The minimum atomic E-state index is -0.510. The fraction of sp³-hybridized carbons (Fsp3) is 0.222. The molecule has 2 N–H and O–H groups in total. The number of primary amides is 1. The quantitative estimate of drug-likeness (QED) is 0.755. The molecule has 0 fully saturated rings. The second kappa shape index (κ2) is 3.89. The Morgan fingerprint density at radius 2 is 2.31 bits per heavy atom. The van der Waals surface area contributed by atoms with Gasteiger partial charge in [-0.3, -0.25) is 4.79 Å². The lowest BCUT2D eigenvalue weighted by Crippen LogP contribution is -2.14. The standard InChI is InChI=1S/C9H10FNO2/c1-13-8-3-2-7(10)4-6(8)5-9(11)12/h2-4H,5H2,1H3,(H2,11,12). The predicted octanol–water partition coefficient (Wildman–Crippen LogP) is 0.862. The molecule has 0 bridgehead atoms. The Morgan fingerprint density at radius 3 is 2.85 bits per heavy atom. The first kappa shape index (κ1) is 9.51. The lowest BCUT2D eigenvalue weighted by Gasteiger charge is -2.05. The maximum atomic E-state index is 12.7. The van der Waals surface area contributed by atoms with Gasteiger partial charge in [-0.2, -0.15) is 0 Å². The van der Waals surface area contributed by atoms with E-state index in [-0.39, 0.29) is 6.42 Å². The SMILES string of the molecule is COc1ccc(F)cc1CC(N)=O. The van der Waals surface area contributed by atoms with Crippen molar-refractivity contribution in [2.45, 2.75) is 6.42 Å². The molecule has 4 heteroatoms. The molecule has 1 aromatic rings. The van der Waals surface area contributed by atoms with Crippen molar-refractivity contribution >= 4 is 5.91 Å². The lowest BCUT2D eigenvalue weighted by atomic mass is 10.1. The molecule has 0 spiro atoms. The summed E-state index contributed by atoms with van der Waals surface area (Å²) in [6.07, 6.45) is -0.0130. The van der Waals surface area contributed by atoms with Crippen LogP contribution in [0.25, 0.3) is 0 Å². The van der Waals surface area contributed by atoms with Crippen molar-refractivity contribution in [1.29, 1.82) is 0 Å². The summed E-state index contributed by atoms with van der Waals surface area (Å²) < 4.78 is 17.7. The Morgan fingerprint density at radius 1 is 1.62 bits per heavy atom. The van der Waals surface area contributed by atoms with Crippen LogP contribution in [0, 0.1) is 5.82 Å². The summed E-state index contributed by atoms with van der Waals surface area (Å²) in [6.45, 7) is 0. The Bertz CT molecular complexity index is 325. The number of halogens is 1. The van der Waals surface area contributed by atoms with Crippen molar-refractivity contribution < 1.29 is 13.9 Å². The third kappa shape index (κ3) is 2.43. The van der Waals surface area contributed by atoms with Crippen LogP contribution < -0.4 is 10.5 Å². The van der Waals surface area contributed by atoms with E-state index in [1.54, 1.807) is 0 Å². The molecule has 0 heterocycles. The Balaban J connectivity index is 3.01. The van der Waals surface area contributed by atoms with Gasteiger partial charge in [-0.1, -0.05) is 0 Å². The van der Waals surface area contributed by atoms with Gasteiger partial charge < -0.3 is 10.5 Å². The first-order valence-electron chi connectivity index (χ1n) is 3.74. The van der Waals surface area contributed by atoms with Crippen molar-refractivity contribution in [3.63, 3.8) is 0 Å². The molecule has 0 aliphatic rings. The molecule has 0 atom stereocenters. The number of amides is 1.